The minimum atomic E-state index is -0.612. The molecule has 8 nitrogen and oxygen atoms in total. The number of hydrogen-bond donors (Lipinski definition) is 1. The largest absolute Gasteiger partial charge is 0.493 e. The Labute approximate surface area is 214 Å². The van der Waals surface area contributed by atoms with Crippen molar-refractivity contribution in [3.63, 3.8) is 0 Å². The van der Waals surface area contributed by atoms with Crippen molar-refractivity contribution in [1.29, 1.82) is 0 Å². The van der Waals surface area contributed by atoms with E-state index in [1.165, 1.54) is 20.4 Å². The second kappa shape index (κ2) is 13.0. The molecule has 1 amide bonds. The van der Waals surface area contributed by atoms with Crippen molar-refractivity contribution in [1.82, 2.24) is 5.43 Å². The summed E-state index contributed by atoms with van der Waals surface area (Å²) in [4.78, 5) is 24.6. The lowest BCUT2D eigenvalue weighted by Gasteiger charge is -2.11. The Bertz CT molecular complexity index is 1270. The first-order valence-electron chi connectivity index (χ1n) is 10.8. The van der Waals surface area contributed by atoms with Crippen molar-refractivity contribution in [2.24, 2.45) is 5.10 Å². The molecule has 0 heterocycles. The summed E-state index contributed by atoms with van der Waals surface area (Å²) in [5, 5.41) is 4.22. The van der Waals surface area contributed by atoms with Gasteiger partial charge in [-0.05, 0) is 60.0 Å². The Morgan fingerprint density at radius 1 is 0.972 bits per heavy atom. The third-order valence-electron chi connectivity index (χ3n) is 4.85. The Hall–Kier alpha value is -4.30. The molecule has 3 aromatic rings. The summed E-state index contributed by atoms with van der Waals surface area (Å²) in [6.45, 7) is 3.46. The van der Waals surface area contributed by atoms with Crippen LogP contribution < -0.4 is 24.4 Å². The van der Waals surface area contributed by atoms with Crippen LogP contribution in [0.3, 0.4) is 0 Å². The van der Waals surface area contributed by atoms with Crippen molar-refractivity contribution in [2.45, 2.75) is 6.42 Å². The molecule has 0 spiro atoms. The van der Waals surface area contributed by atoms with Crippen LogP contribution in [0.5, 0.6) is 23.0 Å². The van der Waals surface area contributed by atoms with Crippen LogP contribution in [-0.2, 0) is 11.2 Å². The fourth-order valence-corrected chi connectivity index (χ4v) is 3.32. The lowest BCUT2D eigenvalue weighted by Crippen LogP contribution is -2.24. The van der Waals surface area contributed by atoms with Crippen LogP contribution in [-0.4, -0.2) is 38.9 Å². The van der Waals surface area contributed by atoms with Crippen LogP contribution in [0.2, 0.25) is 5.02 Å². The highest BCUT2D eigenvalue weighted by Crippen LogP contribution is 2.30. The molecular weight excluding hydrogens is 484 g/mol. The fourth-order valence-electron chi connectivity index (χ4n) is 3.11. The van der Waals surface area contributed by atoms with Crippen molar-refractivity contribution in [2.75, 3.05) is 20.8 Å². The Morgan fingerprint density at radius 2 is 1.69 bits per heavy atom. The quantitative estimate of drug-likeness (QED) is 0.131. The maximum absolute atomic E-state index is 12.4. The first-order valence-corrected chi connectivity index (χ1v) is 11.2. The van der Waals surface area contributed by atoms with Crippen molar-refractivity contribution < 1.29 is 28.5 Å². The summed E-state index contributed by atoms with van der Waals surface area (Å²) >= 11 is 6.05. The van der Waals surface area contributed by atoms with E-state index in [9.17, 15) is 9.59 Å². The van der Waals surface area contributed by atoms with E-state index >= 15 is 0 Å². The van der Waals surface area contributed by atoms with Crippen LogP contribution in [0.25, 0.3) is 0 Å². The highest BCUT2D eigenvalue weighted by atomic mass is 35.5. The van der Waals surface area contributed by atoms with Gasteiger partial charge in [-0.15, -0.1) is 6.58 Å². The van der Waals surface area contributed by atoms with E-state index in [0.717, 1.165) is 5.56 Å². The lowest BCUT2D eigenvalue weighted by atomic mass is 10.1. The van der Waals surface area contributed by atoms with Gasteiger partial charge in [0.15, 0.2) is 29.6 Å². The highest BCUT2D eigenvalue weighted by Gasteiger charge is 2.15. The first-order chi connectivity index (χ1) is 17.4. The summed E-state index contributed by atoms with van der Waals surface area (Å²) < 4.78 is 21.6. The standard InChI is InChI=1S/C27H25ClN2O6/c1-4-7-18-10-12-22(24(14-18)33-2)35-17-26(31)30-29-16-19-11-13-23(25(15-19)34-3)36-27(32)20-8-5-6-9-21(20)28/h4-6,8-16H,1,7,17H2,2-3H3,(H,30,31)/b29-16+. The normalized spacial score (nSPS) is 10.5. The number of hydrazone groups is 1. The van der Waals surface area contributed by atoms with Crippen LogP contribution in [0.15, 0.2) is 78.4 Å². The summed E-state index contributed by atoms with van der Waals surface area (Å²) in [6, 6.07) is 16.8. The number of carbonyl (C=O) groups is 2. The Kier molecular flexibility index (Phi) is 9.48. The molecule has 1 N–H and O–H groups in total. The number of halogens is 1. The van der Waals surface area contributed by atoms with Crippen molar-refractivity contribution in [3.05, 3.63) is 95.0 Å². The van der Waals surface area contributed by atoms with Gasteiger partial charge in [-0.3, -0.25) is 4.79 Å². The molecule has 0 aliphatic carbocycles. The number of allylic oxidation sites excluding steroid dienone is 1. The molecule has 3 aromatic carbocycles. The van der Waals surface area contributed by atoms with E-state index in [1.54, 1.807) is 54.6 Å². The van der Waals surface area contributed by atoms with E-state index in [4.69, 9.17) is 30.5 Å². The number of nitrogens with zero attached hydrogens (tertiary/aromatic N) is 1. The average Bonchev–Trinajstić information content (AvgIpc) is 2.88. The minimum Gasteiger partial charge on any atom is -0.493 e. The zero-order chi connectivity index (χ0) is 25.9. The second-order valence-corrected chi connectivity index (χ2v) is 7.75. The van der Waals surface area contributed by atoms with Gasteiger partial charge < -0.3 is 18.9 Å². The molecule has 0 unspecified atom stereocenters. The Balaban J connectivity index is 1.57. The smallest absolute Gasteiger partial charge is 0.345 e. The van der Waals surface area contributed by atoms with E-state index in [-0.39, 0.29) is 22.9 Å². The van der Waals surface area contributed by atoms with E-state index in [1.807, 2.05) is 12.1 Å². The molecule has 9 heteroatoms. The SMILES string of the molecule is C=CCc1ccc(OCC(=O)N/N=C/c2ccc(OC(=O)c3ccccc3Cl)c(OC)c2)c(OC)c1. The number of carbonyl (C=O) groups excluding carboxylic acids is 2. The molecular formula is C27H25ClN2O6. The van der Waals surface area contributed by atoms with E-state index in [0.29, 0.717) is 29.2 Å². The van der Waals surface area contributed by atoms with Crippen molar-refractivity contribution >= 4 is 29.7 Å². The van der Waals surface area contributed by atoms with Crippen LogP contribution >= 0.6 is 11.6 Å². The molecule has 0 aromatic heterocycles. The molecule has 0 aliphatic rings. The van der Waals surface area contributed by atoms with E-state index < -0.39 is 11.9 Å². The molecule has 0 saturated heterocycles. The third-order valence-corrected chi connectivity index (χ3v) is 5.18. The van der Waals surface area contributed by atoms with Gasteiger partial charge >= 0.3 is 5.97 Å². The highest BCUT2D eigenvalue weighted by molar-refractivity contribution is 6.33. The number of rotatable bonds is 11. The summed E-state index contributed by atoms with van der Waals surface area (Å²) in [5.74, 6) is 0.413. The fraction of sp³-hybridized carbons (Fsp3) is 0.148. The molecule has 0 aliphatic heterocycles. The molecule has 0 atom stereocenters. The molecule has 0 radical (unpaired) electrons. The van der Waals surface area contributed by atoms with Gasteiger partial charge in [-0.25, -0.2) is 10.2 Å². The third kappa shape index (κ3) is 7.10. The second-order valence-electron chi connectivity index (χ2n) is 7.34. The zero-order valence-corrected chi connectivity index (χ0v) is 20.6. The van der Waals surface area contributed by atoms with Gasteiger partial charge in [0, 0.05) is 0 Å². The number of esters is 1. The Morgan fingerprint density at radius 3 is 2.42 bits per heavy atom. The maximum Gasteiger partial charge on any atom is 0.345 e. The van der Waals surface area contributed by atoms with Crippen LogP contribution in [0.4, 0.5) is 0 Å². The van der Waals surface area contributed by atoms with Gasteiger partial charge in [-0.1, -0.05) is 35.9 Å². The predicted octanol–water partition coefficient (Wildman–Crippen LogP) is 4.83. The van der Waals surface area contributed by atoms with Crippen LogP contribution in [0.1, 0.15) is 21.5 Å². The van der Waals surface area contributed by atoms with Gasteiger partial charge in [0.2, 0.25) is 0 Å². The number of amides is 1. The summed E-state index contributed by atoms with van der Waals surface area (Å²) in [7, 11) is 2.97. The summed E-state index contributed by atoms with van der Waals surface area (Å²) in [6.07, 6.45) is 3.91. The zero-order valence-electron chi connectivity index (χ0n) is 19.8. The van der Waals surface area contributed by atoms with Crippen LogP contribution in [0, 0.1) is 0 Å². The number of nitrogens with one attached hydrogen (secondary N) is 1. The molecule has 186 valence electrons. The van der Waals surface area contributed by atoms with Gasteiger partial charge in [0.25, 0.3) is 5.91 Å². The molecule has 3 rings (SSSR count). The molecule has 0 fully saturated rings. The molecule has 36 heavy (non-hydrogen) atoms. The monoisotopic (exact) mass is 508 g/mol. The van der Waals surface area contributed by atoms with Gasteiger partial charge in [0.1, 0.15) is 0 Å². The number of benzene rings is 3. The van der Waals surface area contributed by atoms with Crippen molar-refractivity contribution in [3.8, 4) is 23.0 Å². The number of hydrogen-bond acceptors (Lipinski definition) is 7. The van der Waals surface area contributed by atoms with Gasteiger partial charge in [-0.2, -0.15) is 5.10 Å². The lowest BCUT2D eigenvalue weighted by molar-refractivity contribution is -0.123. The topological polar surface area (TPSA) is 95.5 Å². The predicted molar refractivity (Wildman–Crippen MR) is 138 cm³/mol. The first kappa shape index (κ1) is 26.3. The average molecular weight is 509 g/mol. The van der Waals surface area contributed by atoms with E-state index in [2.05, 4.69) is 17.1 Å². The number of methoxy groups -OCH3 is 2. The molecule has 0 saturated carbocycles. The summed E-state index contributed by atoms with van der Waals surface area (Å²) in [5.41, 5.74) is 4.25. The maximum atomic E-state index is 12.4. The minimum absolute atomic E-state index is 0.213. The molecule has 0 bridgehead atoms. The van der Waals surface area contributed by atoms with Gasteiger partial charge in [0.05, 0.1) is 31.0 Å². The number of ether oxygens (including phenoxy) is 4.